The van der Waals surface area contributed by atoms with Crippen LogP contribution in [0.25, 0.3) is 0 Å². The maximum absolute atomic E-state index is 13.5. The molecule has 64 heavy (non-hydrogen) atoms. The van der Waals surface area contributed by atoms with Gasteiger partial charge in [-0.1, -0.05) is 7.43 Å². The predicted octanol–water partition coefficient (Wildman–Crippen LogP) is -6.54. The zero-order valence-electron chi connectivity index (χ0n) is 38.2. The number of nitrogens with two attached hydrogens (primary N) is 1. The highest BCUT2D eigenvalue weighted by atomic mass is 16.3. The van der Waals surface area contributed by atoms with Crippen molar-refractivity contribution in [1.82, 2.24) is 49.4 Å². The fourth-order valence-electron chi connectivity index (χ4n) is 5.60. The lowest BCUT2D eigenvalue weighted by molar-refractivity contribution is -0.149. The summed E-state index contributed by atoms with van der Waals surface area (Å²) in [7, 11) is 8.05. The van der Waals surface area contributed by atoms with Crippen molar-refractivity contribution < 1.29 is 68.4 Å². The Hall–Kier alpha value is -5.50. The average molecular weight is 920 g/mol. The van der Waals surface area contributed by atoms with Crippen LogP contribution in [0, 0.1) is 0 Å². The van der Waals surface area contributed by atoms with Gasteiger partial charge < -0.3 is 75.6 Å². The molecule has 7 N–H and O–H groups in total. The molecule has 25 heteroatoms. The molecule has 0 heterocycles. The van der Waals surface area contributed by atoms with Crippen molar-refractivity contribution in [3.05, 3.63) is 0 Å². The highest BCUT2D eigenvalue weighted by Crippen LogP contribution is 2.06. The first-order valence-corrected chi connectivity index (χ1v) is 20.1. The minimum Gasteiger partial charge on any atom is -0.392 e. The Bertz CT molecular complexity index is 1600. The van der Waals surface area contributed by atoms with Crippen molar-refractivity contribution in [2.24, 2.45) is 5.73 Å². The van der Waals surface area contributed by atoms with E-state index in [0.717, 1.165) is 44.1 Å². The minimum absolute atomic E-state index is 0. The van der Waals surface area contributed by atoms with Crippen molar-refractivity contribution in [3.8, 4) is 0 Å². The lowest BCUT2D eigenvalue weighted by Gasteiger charge is -2.31. The molecule has 0 bridgehead atoms. The molecule has 0 aromatic heterocycles. The van der Waals surface area contributed by atoms with Gasteiger partial charge in [0.1, 0.15) is 0 Å². The maximum Gasteiger partial charge on any atom is 0.242 e. The highest BCUT2D eigenvalue weighted by Gasteiger charge is 2.30. The molecule has 0 aromatic rings. The Morgan fingerprint density at radius 3 is 0.844 bits per heavy atom. The van der Waals surface area contributed by atoms with Gasteiger partial charge in [0, 0.05) is 61.4 Å². The van der Waals surface area contributed by atoms with Gasteiger partial charge in [0.05, 0.1) is 89.9 Å². The molecule has 0 rings (SSSR count). The molecule has 0 aromatic carbocycles. The SMILES string of the molecule is C.CNCC(=O)N(C)CC(=O)N(CC(=O)N(CC(=O)N(C)CC(=O)N(C)CC(=O)N(CC(=O)N(CC(=O)N(C)CC(=O)N(C)CC(N)=O)CC(C)O)CC(C)O)CC(C)O)CC(C)O. The van der Waals surface area contributed by atoms with Crippen LogP contribution in [0.3, 0.4) is 0 Å². The number of hydrogen-bond donors (Lipinski definition) is 6. The molecule has 368 valence electrons. The first-order valence-electron chi connectivity index (χ1n) is 20.1. The number of aliphatic hydroxyl groups is 4. The number of nitrogens with one attached hydrogen (secondary N) is 1. The van der Waals surface area contributed by atoms with E-state index in [1.165, 1.54) is 62.9 Å². The first kappa shape index (κ1) is 60.6. The summed E-state index contributed by atoms with van der Waals surface area (Å²) >= 11 is 0. The summed E-state index contributed by atoms with van der Waals surface area (Å²) in [6.07, 6.45) is -4.45. The molecule has 0 radical (unpaired) electrons. The molecule has 0 spiro atoms. The second-order valence-electron chi connectivity index (χ2n) is 15.7. The molecular formula is C39H73N11O14. The third kappa shape index (κ3) is 23.8. The van der Waals surface area contributed by atoms with Crippen LogP contribution in [0.2, 0.25) is 0 Å². The largest absolute Gasteiger partial charge is 0.392 e. The summed E-state index contributed by atoms with van der Waals surface area (Å²) in [5, 5.41) is 43.0. The number of carbonyl (C=O) groups excluding carboxylic acids is 10. The van der Waals surface area contributed by atoms with E-state index in [-0.39, 0.29) is 46.7 Å². The van der Waals surface area contributed by atoms with Crippen molar-refractivity contribution in [2.75, 3.05) is 134 Å². The van der Waals surface area contributed by atoms with Gasteiger partial charge in [0.15, 0.2) is 0 Å². The monoisotopic (exact) mass is 920 g/mol. The second-order valence-corrected chi connectivity index (χ2v) is 15.7. The molecule has 4 unspecified atom stereocenters. The van der Waals surface area contributed by atoms with E-state index in [1.54, 1.807) is 7.05 Å². The average Bonchev–Trinajstić information content (AvgIpc) is 3.15. The number of carbonyl (C=O) groups is 10. The third-order valence-corrected chi connectivity index (χ3v) is 8.99. The predicted molar refractivity (Wildman–Crippen MR) is 231 cm³/mol. The van der Waals surface area contributed by atoms with Crippen LogP contribution in [0.5, 0.6) is 0 Å². The molecule has 0 saturated carbocycles. The number of aliphatic hydroxyl groups excluding tert-OH is 4. The molecule has 4 atom stereocenters. The Labute approximate surface area is 375 Å². The van der Waals surface area contributed by atoms with Crippen molar-refractivity contribution in [3.63, 3.8) is 0 Å². The van der Waals surface area contributed by atoms with Crippen LogP contribution in [-0.4, -0.2) is 282 Å². The molecule has 10 amide bonds. The number of primary amides is 1. The van der Waals surface area contributed by atoms with Crippen molar-refractivity contribution in [1.29, 1.82) is 0 Å². The molecule has 0 aliphatic rings. The quantitative estimate of drug-likeness (QED) is 0.0425. The normalized spacial score (nSPS) is 12.5. The minimum atomic E-state index is -1.15. The molecule has 0 aliphatic carbocycles. The summed E-state index contributed by atoms with van der Waals surface area (Å²) in [5.41, 5.74) is 5.11. The topological polar surface area (TPSA) is 319 Å². The van der Waals surface area contributed by atoms with Gasteiger partial charge in [-0.15, -0.1) is 0 Å². The zero-order chi connectivity index (χ0) is 48.9. The van der Waals surface area contributed by atoms with E-state index in [2.05, 4.69) is 5.32 Å². The van der Waals surface area contributed by atoms with Crippen LogP contribution in [0.4, 0.5) is 0 Å². The highest BCUT2D eigenvalue weighted by molar-refractivity contribution is 5.94. The summed E-state index contributed by atoms with van der Waals surface area (Å²) in [4.78, 5) is 138. The van der Waals surface area contributed by atoms with E-state index in [1.807, 2.05) is 0 Å². The number of rotatable bonds is 28. The molecule has 0 aliphatic heterocycles. The zero-order valence-corrected chi connectivity index (χ0v) is 38.2. The number of likely N-dealkylation sites (N-methyl/N-ethyl adjacent to an activating group) is 6. The van der Waals surface area contributed by atoms with Crippen LogP contribution < -0.4 is 11.1 Å². The van der Waals surface area contributed by atoms with Gasteiger partial charge in [-0.3, -0.25) is 47.9 Å². The van der Waals surface area contributed by atoms with Gasteiger partial charge in [-0.25, -0.2) is 0 Å². The van der Waals surface area contributed by atoms with Gasteiger partial charge in [0.25, 0.3) is 0 Å². The summed E-state index contributed by atoms with van der Waals surface area (Å²) in [5.74, 6) is -7.06. The smallest absolute Gasteiger partial charge is 0.242 e. The van der Waals surface area contributed by atoms with Gasteiger partial charge in [0.2, 0.25) is 59.1 Å². The fraction of sp³-hybridized carbons (Fsp3) is 0.744. The molecular weight excluding hydrogens is 846 g/mol. The lowest BCUT2D eigenvalue weighted by atomic mass is 10.2. The Morgan fingerprint density at radius 1 is 0.391 bits per heavy atom. The van der Waals surface area contributed by atoms with Gasteiger partial charge >= 0.3 is 0 Å². The van der Waals surface area contributed by atoms with Crippen LogP contribution in [-0.2, 0) is 47.9 Å². The third-order valence-electron chi connectivity index (χ3n) is 8.99. The van der Waals surface area contributed by atoms with Crippen LogP contribution >= 0.6 is 0 Å². The van der Waals surface area contributed by atoms with Gasteiger partial charge in [-0.2, -0.15) is 0 Å². The van der Waals surface area contributed by atoms with Crippen LogP contribution in [0.1, 0.15) is 35.1 Å². The fourth-order valence-corrected chi connectivity index (χ4v) is 5.60. The Kier molecular flexibility index (Phi) is 28.2. The number of nitrogens with zero attached hydrogens (tertiary/aromatic N) is 9. The maximum atomic E-state index is 13.5. The number of hydrogen-bond acceptors (Lipinski definition) is 15. The van der Waals surface area contributed by atoms with E-state index in [0.29, 0.717) is 0 Å². The summed E-state index contributed by atoms with van der Waals surface area (Å²) < 4.78 is 0. The summed E-state index contributed by atoms with van der Waals surface area (Å²) in [6, 6.07) is 0. The lowest BCUT2D eigenvalue weighted by Crippen LogP contribution is -2.53. The summed E-state index contributed by atoms with van der Waals surface area (Å²) in [6.45, 7) is -0.956. The van der Waals surface area contributed by atoms with E-state index in [9.17, 15) is 68.4 Å². The van der Waals surface area contributed by atoms with E-state index >= 15 is 0 Å². The van der Waals surface area contributed by atoms with Crippen molar-refractivity contribution in [2.45, 2.75) is 59.5 Å². The standard InChI is InChI=1S/C38H69N11O14.CH4/c1-25(50)12-46(21-33(58)43(8)17-31(56)41(6)16-29(39)54)38(63)24-49(15-28(4)53)36(61)20-45(10)32(57)18-44(9)34(59)22-47(13-26(2)51)37(62)23-48(14-27(3)52)35(60)19-42(7)30(55)11-40-5;/h25-28,40,50-53H,11-24H2,1-10H3,(H2,39,54);1H4. The molecule has 0 fully saturated rings. The first-order chi connectivity index (χ1) is 29.1. The van der Waals surface area contributed by atoms with E-state index < -0.39 is 136 Å². The Morgan fingerprint density at radius 2 is 0.594 bits per heavy atom. The van der Waals surface area contributed by atoms with Gasteiger partial charge in [-0.05, 0) is 34.7 Å². The number of amides is 10. The van der Waals surface area contributed by atoms with Crippen molar-refractivity contribution >= 4 is 59.1 Å². The molecule has 25 nitrogen and oxygen atoms in total. The Balaban J connectivity index is 0. The molecule has 0 saturated heterocycles. The second kappa shape index (κ2) is 29.8. The van der Waals surface area contributed by atoms with Crippen LogP contribution in [0.15, 0.2) is 0 Å². The van der Waals surface area contributed by atoms with E-state index in [4.69, 9.17) is 5.73 Å².